The second-order valence-corrected chi connectivity index (χ2v) is 6.56. The average Bonchev–Trinajstić information content (AvgIpc) is 2.93. The molecule has 3 heterocycles. The normalized spacial score (nSPS) is 25.2. The summed E-state index contributed by atoms with van der Waals surface area (Å²) in [4.78, 5) is 16.6. The van der Waals surface area contributed by atoms with Gasteiger partial charge in [0.2, 0.25) is 0 Å². The van der Waals surface area contributed by atoms with Crippen LogP contribution in [0, 0.1) is 0 Å². The Morgan fingerprint density at radius 3 is 2.71 bits per heavy atom. The van der Waals surface area contributed by atoms with E-state index in [0.29, 0.717) is 17.4 Å². The highest BCUT2D eigenvalue weighted by Gasteiger charge is 2.30. The molecule has 2 saturated heterocycles. The van der Waals surface area contributed by atoms with Gasteiger partial charge in [0.05, 0.1) is 11.7 Å². The van der Waals surface area contributed by atoms with Crippen molar-refractivity contribution in [3.8, 4) is 0 Å². The lowest BCUT2D eigenvalue weighted by Gasteiger charge is -2.41. The minimum Gasteiger partial charge on any atom is -0.392 e. The quantitative estimate of drug-likeness (QED) is 0.844. The number of aliphatic hydroxyl groups is 1. The first-order valence-corrected chi connectivity index (χ1v) is 8.40. The molecule has 2 fully saturated rings. The van der Waals surface area contributed by atoms with E-state index in [1.54, 1.807) is 5.38 Å². The monoisotopic (exact) mass is 310 g/mol. The lowest BCUT2D eigenvalue weighted by Crippen LogP contribution is -2.50. The largest absolute Gasteiger partial charge is 0.392 e. The van der Waals surface area contributed by atoms with Crippen molar-refractivity contribution >= 4 is 23.3 Å². The highest BCUT2D eigenvalue weighted by molar-refractivity contribution is 7.04. The van der Waals surface area contributed by atoms with E-state index in [2.05, 4.69) is 9.27 Å². The average molecular weight is 310 g/mol. The maximum Gasteiger partial charge on any atom is 0.258 e. The molecule has 7 heteroatoms. The van der Waals surface area contributed by atoms with Crippen LogP contribution in [-0.2, 0) is 0 Å². The Balaban J connectivity index is 1.55. The van der Waals surface area contributed by atoms with Crippen LogP contribution < -0.4 is 5.73 Å². The minimum absolute atomic E-state index is 0.00150. The second-order valence-electron chi connectivity index (χ2n) is 5.93. The van der Waals surface area contributed by atoms with E-state index in [0.717, 1.165) is 51.9 Å². The molecule has 0 bridgehead atoms. The molecular formula is C14H22N4O2S. The van der Waals surface area contributed by atoms with Crippen LogP contribution in [0.1, 0.15) is 36.0 Å². The Morgan fingerprint density at radius 1 is 1.33 bits per heavy atom. The molecule has 21 heavy (non-hydrogen) atoms. The summed E-state index contributed by atoms with van der Waals surface area (Å²) in [5.41, 5.74) is 6.26. The third-order valence-corrected chi connectivity index (χ3v) is 5.17. The van der Waals surface area contributed by atoms with Crippen molar-refractivity contribution in [1.29, 1.82) is 0 Å². The van der Waals surface area contributed by atoms with Gasteiger partial charge in [-0.1, -0.05) is 0 Å². The number of carbonyl (C=O) groups excluding carboxylic acids is 1. The number of amides is 1. The number of aliphatic hydroxyl groups excluding tert-OH is 1. The molecule has 0 aliphatic carbocycles. The molecule has 0 radical (unpaired) electrons. The molecule has 0 saturated carbocycles. The van der Waals surface area contributed by atoms with Gasteiger partial charge in [0.25, 0.3) is 5.91 Å². The number of carbonyl (C=O) groups is 1. The van der Waals surface area contributed by atoms with Crippen LogP contribution in [0.15, 0.2) is 5.38 Å². The zero-order chi connectivity index (χ0) is 14.8. The summed E-state index contributed by atoms with van der Waals surface area (Å²) in [6.45, 7) is 3.36. The van der Waals surface area contributed by atoms with Gasteiger partial charge in [-0.05, 0) is 43.8 Å². The lowest BCUT2D eigenvalue weighted by molar-refractivity contribution is 0.0241. The molecule has 1 amide bonds. The number of piperidine rings is 2. The van der Waals surface area contributed by atoms with Gasteiger partial charge in [0.1, 0.15) is 5.82 Å². The van der Waals surface area contributed by atoms with E-state index in [-0.39, 0.29) is 12.0 Å². The summed E-state index contributed by atoms with van der Waals surface area (Å²) in [7, 11) is 0. The van der Waals surface area contributed by atoms with Crippen LogP contribution in [-0.4, -0.2) is 63.5 Å². The van der Waals surface area contributed by atoms with E-state index in [1.807, 2.05) is 4.90 Å². The van der Waals surface area contributed by atoms with Gasteiger partial charge in [-0.15, -0.1) is 0 Å². The van der Waals surface area contributed by atoms with Crippen molar-refractivity contribution in [3.05, 3.63) is 10.9 Å². The molecular weight excluding hydrogens is 288 g/mol. The third-order valence-electron chi connectivity index (χ3n) is 4.52. The van der Waals surface area contributed by atoms with Crippen LogP contribution in [0.3, 0.4) is 0 Å². The number of β-amino-alcohol motifs (C(OH)–C–C–N with tert-alkyl or cyclic N) is 1. The Labute approximate surface area is 128 Å². The lowest BCUT2D eigenvalue weighted by atomic mass is 9.98. The van der Waals surface area contributed by atoms with E-state index >= 15 is 0 Å². The van der Waals surface area contributed by atoms with E-state index < -0.39 is 0 Å². The number of hydrogen-bond donors (Lipinski definition) is 2. The molecule has 0 aromatic carbocycles. The van der Waals surface area contributed by atoms with Gasteiger partial charge >= 0.3 is 0 Å². The Kier molecular flexibility index (Phi) is 4.42. The number of anilines is 1. The SMILES string of the molecule is Nc1nscc1C(=O)N1CCC(N2CCC[C@@H](O)C2)CC1. The molecule has 3 rings (SSSR count). The fourth-order valence-electron chi connectivity index (χ4n) is 3.32. The van der Waals surface area contributed by atoms with Crippen molar-refractivity contribution in [2.24, 2.45) is 0 Å². The molecule has 0 spiro atoms. The molecule has 2 aliphatic rings. The van der Waals surface area contributed by atoms with Crippen molar-refractivity contribution < 1.29 is 9.90 Å². The van der Waals surface area contributed by atoms with Crippen molar-refractivity contribution in [2.75, 3.05) is 31.9 Å². The topological polar surface area (TPSA) is 82.7 Å². The summed E-state index contributed by atoms with van der Waals surface area (Å²) in [5, 5.41) is 11.5. The van der Waals surface area contributed by atoms with E-state index in [1.165, 1.54) is 11.5 Å². The fourth-order valence-corrected chi connectivity index (χ4v) is 3.92. The first kappa shape index (κ1) is 14.7. The van der Waals surface area contributed by atoms with Crippen LogP contribution in [0.25, 0.3) is 0 Å². The van der Waals surface area contributed by atoms with Gasteiger partial charge in [-0.3, -0.25) is 9.69 Å². The summed E-state index contributed by atoms with van der Waals surface area (Å²) < 4.78 is 3.97. The maximum atomic E-state index is 12.4. The smallest absolute Gasteiger partial charge is 0.258 e. The number of nitrogens with zero attached hydrogens (tertiary/aromatic N) is 3. The number of nitrogens with two attached hydrogens (primary N) is 1. The van der Waals surface area contributed by atoms with Gasteiger partial charge < -0.3 is 15.7 Å². The molecule has 116 valence electrons. The van der Waals surface area contributed by atoms with E-state index in [9.17, 15) is 9.90 Å². The molecule has 6 nitrogen and oxygen atoms in total. The van der Waals surface area contributed by atoms with Gasteiger partial charge in [-0.25, -0.2) is 0 Å². The van der Waals surface area contributed by atoms with Gasteiger partial charge in [0.15, 0.2) is 0 Å². The van der Waals surface area contributed by atoms with Gasteiger partial charge in [0, 0.05) is 31.1 Å². The molecule has 2 aliphatic heterocycles. The predicted octanol–water partition coefficient (Wildman–Crippen LogP) is 0.787. The Hall–Kier alpha value is -1.18. The third kappa shape index (κ3) is 3.20. The molecule has 0 unspecified atom stereocenters. The summed E-state index contributed by atoms with van der Waals surface area (Å²) in [6.07, 6.45) is 3.73. The molecule has 1 atom stereocenters. The van der Waals surface area contributed by atoms with Crippen LogP contribution in [0.4, 0.5) is 5.82 Å². The summed E-state index contributed by atoms with van der Waals surface area (Å²) >= 11 is 1.22. The van der Waals surface area contributed by atoms with Crippen molar-refractivity contribution in [3.63, 3.8) is 0 Å². The van der Waals surface area contributed by atoms with Crippen LogP contribution >= 0.6 is 11.5 Å². The predicted molar refractivity (Wildman–Crippen MR) is 82.3 cm³/mol. The van der Waals surface area contributed by atoms with E-state index in [4.69, 9.17) is 5.73 Å². The Bertz CT molecular complexity index is 499. The highest BCUT2D eigenvalue weighted by Crippen LogP contribution is 2.23. The summed E-state index contributed by atoms with van der Waals surface area (Å²) in [6, 6.07) is 0.488. The standard InChI is InChI=1S/C14H22N4O2S/c15-13-12(9-21-16-13)14(20)17-6-3-10(4-7-17)18-5-1-2-11(19)8-18/h9-11,19H,1-8H2,(H2,15,16)/t11-/m1/s1. The number of rotatable bonds is 2. The van der Waals surface area contributed by atoms with Crippen LogP contribution in [0.5, 0.6) is 0 Å². The molecule has 1 aromatic rings. The fraction of sp³-hybridized carbons (Fsp3) is 0.714. The number of nitrogen functional groups attached to an aromatic ring is 1. The van der Waals surface area contributed by atoms with Gasteiger partial charge in [-0.2, -0.15) is 4.37 Å². The maximum absolute atomic E-state index is 12.4. The number of aromatic nitrogens is 1. The second kappa shape index (κ2) is 6.29. The highest BCUT2D eigenvalue weighted by atomic mass is 32.1. The first-order valence-electron chi connectivity index (χ1n) is 7.56. The molecule has 1 aromatic heterocycles. The zero-order valence-corrected chi connectivity index (χ0v) is 12.9. The number of likely N-dealkylation sites (tertiary alicyclic amines) is 2. The summed E-state index contributed by atoms with van der Waals surface area (Å²) in [5.74, 6) is 0.338. The van der Waals surface area contributed by atoms with Crippen molar-refractivity contribution in [1.82, 2.24) is 14.2 Å². The molecule has 3 N–H and O–H groups in total. The van der Waals surface area contributed by atoms with Crippen LogP contribution in [0.2, 0.25) is 0 Å². The minimum atomic E-state index is -0.185. The number of hydrogen-bond acceptors (Lipinski definition) is 6. The van der Waals surface area contributed by atoms with Crippen molar-refractivity contribution in [2.45, 2.75) is 37.8 Å². The zero-order valence-electron chi connectivity index (χ0n) is 12.1. The Morgan fingerprint density at radius 2 is 2.10 bits per heavy atom. The first-order chi connectivity index (χ1) is 10.1.